The summed E-state index contributed by atoms with van der Waals surface area (Å²) in [5.74, 6) is 5.52. The summed E-state index contributed by atoms with van der Waals surface area (Å²) in [4.78, 5) is 17.6. The van der Waals surface area contributed by atoms with Crippen molar-refractivity contribution >= 4 is 28.2 Å². The van der Waals surface area contributed by atoms with E-state index >= 15 is 0 Å². The number of hydrogen-bond donors (Lipinski definition) is 3. The van der Waals surface area contributed by atoms with Gasteiger partial charge in [-0.3, -0.25) is 14.7 Å². The van der Waals surface area contributed by atoms with Gasteiger partial charge in [0.05, 0.1) is 42.3 Å². The molecule has 0 bridgehead atoms. The molecule has 40 heavy (non-hydrogen) atoms. The third kappa shape index (κ3) is 7.67. The molecule has 1 aromatic carbocycles. The molecule has 2 aromatic heterocycles. The SMILES string of the molecule is CC(CC#N)c1ccc(NCC#Cc2cc3c(NC4CCN(CC(N)=O)CC4)cccc3n2CC(F)(F)F)cn1. The van der Waals surface area contributed by atoms with E-state index in [1.165, 1.54) is 4.57 Å². The summed E-state index contributed by atoms with van der Waals surface area (Å²) in [5.41, 5.74) is 8.33. The molecule has 4 N–H and O–H groups in total. The van der Waals surface area contributed by atoms with Crippen LogP contribution in [-0.2, 0) is 11.3 Å². The quantitative estimate of drug-likeness (QED) is 0.339. The van der Waals surface area contributed by atoms with E-state index in [1.54, 1.807) is 24.4 Å². The molecule has 8 nitrogen and oxygen atoms in total. The third-order valence-corrected chi connectivity index (χ3v) is 6.90. The number of alkyl halides is 3. The second-order valence-corrected chi connectivity index (χ2v) is 10.0. The van der Waals surface area contributed by atoms with E-state index in [1.807, 2.05) is 30.0 Å². The van der Waals surface area contributed by atoms with Crippen LogP contribution in [-0.4, -0.2) is 58.8 Å². The molecule has 0 saturated carbocycles. The number of pyridine rings is 1. The van der Waals surface area contributed by atoms with Crippen molar-refractivity contribution in [2.24, 2.45) is 5.73 Å². The van der Waals surface area contributed by atoms with Crippen molar-refractivity contribution in [2.75, 3.05) is 36.8 Å². The lowest BCUT2D eigenvalue weighted by atomic mass is 10.0. The van der Waals surface area contributed by atoms with Gasteiger partial charge in [0.2, 0.25) is 5.91 Å². The van der Waals surface area contributed by atoms with Gasteiger partial charge in [0, 0.05) is 48.2 Å². The van der Waals surface area contributed by atoms with Crippen molar-refractivity contribution in [3.05, 3.63) is 54.0 Å². The van der Waals surface area contributed by atoms with Crippen molar-refractivity contribution in [1.29, 1.82) is 5.26 Å². The van der Waals surface area contributed by atoms with Crippen molar-refractivity contribution < 1.29 is 18.0 Å². The molecule has 1 aliphatic rings. The Morgan fingerprint density at radius 3 is 2.67 bits per heavy atom. The van der Waals surface area contributed by atoms with Gasteiger partial charge in [-0.1, -0.05) is 18.9 Å². The van der Waals surface area contributed by atoms with Crippen LogP contribution in [0, 0.1) is 23.2 Å². The highest BCUT2D eigenvalue weighted by atomic mass is 19.4. The van der Waals surface area contributed by atoms with Crippen LogP contribution in [0.3, 0.4) is 0 Å². The average molecular weight is 552 g/mol. The number of carbonyl (C=O) groups is 1. The Morgan fingerprint density at radius 1 is 1.25 bits per heavy atom. The zero-order valence-electron chi connectivity index (χ0n) is 22.3. The number of rotatable bonds is 9. The number of nitrogens with two attached hydrogens (primary N) is 1. The lowest BCUT2D eigenvalue weighted by Crippen LogP contribution is -2.42. The molecule has 0 radical (unpaired) electrons. The number of benzene rings is 1. The molecule has 11 heteroatoms. The summed E-state index contributed by atoms with van der Waals surface area (Å²) in [6.07, 6.45) is -0.795. The van der Waals surface area contributed by atoms with Crippen molar-refractivity contribution in [1.82, 2.24) is 14.5 Å². The van der Waals surface area contributed by atoms with Gasteiger partial charge in [0.15, 0.2) is 0 Å². The minimum Gasteiger partial charge on any atom is -0.382 e. The molecule has 4 rings (SSSR count). The second kappa shape index (κ2) is 12.8. The molecule has 1 aliphatic heterocycles. The number of fused-ring (bicyclic) bond motifs is 1. The normalized spacial score (nSPS) is 15.2. The van der Waals surface area contributed by atoms with Gasteiger partial charge in [-0.2, -0.15) is 18.4 Å². The van der Waals surface area contributed by atoms with E-state index in [9.17, 15) is 18.0 Å². The van der Waals surface area contributed by atoms with E-state index in [2.05, 4.69) is 33.5 Å². The number of halogens is 3. The monoisotopic (exact) mass is 551 g/mol. The number of hydrogen-bond acceptors (Lipinski definition) is 6. The molecule has 1 amide bonds. The molecular formula is C29H32F3N7O. The summed E-state index contributed by atoms with van der Waals surface area (Å²) in [7, 11) is 0. The molecular weight excluding hydrogens is 519 g/mol. The number of carbonyl (C=O) groups excluding carboxylic acids is 1. The molecule has 1 saturated heterocycles. The average Bonchev–Trinajstić information content (AvgIpc) is 3.24. The van der Waals surface area contributed by atoms with Crippen LogP contribution in [0.5, 0.6) is 0 Å². The van der Waals surface area contributed by atoms with Crippen LogP contribution in [0.1, 0.15) is 43.5 Å². The molecule has 1 unspecified atom stereocenters. The number of nitrogens with zero attached hydrogens (tertiary/aromatic N) is 4. The van der Waals surface area contributed by atoms with E-state index in [4.69, 9.17) is 11.0 Å². The molecule has 1 atom stereocenters. The van der Waals surface area contributed by atoms with Gasteiger partial charge >= 0.3 is 6.18 Å². The van der Waals surface area contributed by atoms with Crippen LogP contribution >= 0.6 is 0 Å². The van der Waals surface area contributed by atoms with Crippen LogP contribution in [0.25, 0.3) is 10.9 Å². The van der Waals surface area contributed by atoms with E-state index in [0.717, 1.165) is 29.9 Å². The maximum absolute atomic E-state index is 13.5. The first-order chi connectivity index (χ1) is 19.1. The van der Waals surface area contributed by atoms with Gasteiger partial charge in [0.25, 0.3) is 0 Å². The summed E-state index contributed by atoms with van der Waals surface area (Å²) in [5, 5.41) is 16.1. The van der Waals surface area contributed by atoms with Crippen molar-refractivity contribution in [3.63, 3.8) is 0 Å². The van der Waals surface area contributed by atoms with Gasteiger partial charge in [-0.25, -0.2) is 0 Å². The van der Waals surface area contributed by atoms with Crippen LogP contribution < -0.4 is 16.4 Å². The fourth-order valence-corrected chi connectivity index (χ4v) is 4.86. The van der Waals surface area contributed by atoms with Crippen molar-refractivity contribution in [2.45, 2.75) is 50.9 Å². The van der Waals surface area contributed by atoms with Crippen LogP contribution in [0.4, 0.5) is 24.5 Å². The van der Waals surface area contributed by atoms with E-state index < -0.39 is 12.7 Å². The highest BCUT2D eigenvalue weighted by molar-refractivity contribution is 5.94. The fourth-order valence-electron chi connectivity index (χ4n) is 4.86. The molecule has 0 aliphatic carbocycles. The minimum atomic E-state index is -4.41. The smallest absolute Gasteiger partial charge is 0.382 e. The van der Waals surface area contributed by atoms with E-state index in [-0.39, 0.29) is 36.7 Å². The van der Waals surface area contributed by atoms with Gasteiger partial charge in [-0.05, 0) is 49.1 Å². The number of amides is 1. The fraction of sp³-hybridized carbons (Fsp3) is 0.414. The maximum Gasteiger partial charge on any atom is 0.406 e. The standard InChI is InChI=1S/C29H32F3N7O/c1-20(9-12-33)25-8-7-22(17-36-25)35-13-3-4-23-16-24-26(5-2-6-27(24)39(23)19-29(30,31)32)37-21-10-14-38(15-11-21)18-28(34)40/h2,5-8,16-17,20-21,35,37H,9-11,13-15,18-19H2,1H3,(H2,34,40). The van der Waals surface area contributed by atoms with Gasteiger partial charge in [0.1, 0.15) is 6.54 Å². The Labute approximate surface area is 231 Å². The lowest BCUT2D eigenvalue weighted by molar-refractivity contribution is -0.140. The molecule has 0 spiro atoms. The lowest BCUT2D eigenvalue weighted by Gasteiger charge is -2.32. The van der Waals surface area contributed by atoms with E-state index in [0.29, 0.717) is 30.4 Å². The number of piperidine rings is 1. The Balaban J connectivity index is 1.49. The van der Waals surface area contributed by atoms with Gasteiger partial charge < -0.3 is 20.9 Å². The Kier molecular flexibility index (Phi) is 9.18. The summed E-state index contributed by atoms with van der Waals surface area (Å²) in [6, 6.07) is 12.9. The number of nitrogens with one attached hydrogen (secondary N) is 2. The van der Waals surface area contributed by atoms with Gasteiger partial charge in [-0.15, -0.1) is 0 Å². The Morgan fingerprint density at radius 2 is 2.02 bits per heavy atom. The number of likely N-dealkylation sites (tertiary alicyclic amines) is 1. The zero-order valence-corrected chi connectivity index (χ0v) is 22.3. The first-order valence-corrected chi connectivity index (χ1v) is 13.1. The number of nitriles is 1. The molecule has 210 valence electrons. The maximum atomic E-state index is 13.5. The van der Waals surface area contributed by atoms with Crippen LogP contribution in [0.2, 0.25) is 0 Å². The van der Waals surface area contributed by atoms with Crippen molar-refractivity contribution in [3.8, 4) is 17.9 Å². The highest BCUT2D eigenvalue weighted by Crippen LogP contribution is 2.31. The number of anilines is 2. The molecule has 3 heterocycles. The number of primary amides is 1. The number of aromatic nitrogens is 2. The Bertz CT molecular complexity index is 1420. The zero-order chi connectivity index (χ0) is 28.7. The first-order valence-electron chi connectivity index (χ1n) is 13.1. The first kappa shape index (κ1) is 28.8. The summed E-state index contributed by atoms with van der Waals surface area (Å²) in [6.45, 7) is 2.66. The third-order valence-electron chi connectivity index (χ3n) is 6.90. The molecule has 1 fully saturated rings. The topological polar surface area (TPSA) is 112 Å². The predicted octanol–water partition coefficient (Wildman–Crippen LogP) is 4.44. The largest absolute Gasteiger partial charge is 0.406 e. The highest BCUT2D eigenvalue weighted by Gasteiger charge is 2.30. The Hall–Kier alpha value is -4.22. The minimum absolute atomic E-state index is 0.0309. The summed E-state index contributed by atoms with van der Waals surface area (Å²) >= 11 is 0. The molecule has 3 aromatic rings. The second-order valence-electron chi connectivity index (χ2n) is 10.0. The van der Waals surface area contributed by atoms with Crippen LogP contribution in [0.15, 0.2) is 42.6 Å². The summed E-state index contributed by atoms with van der Waals surface area (Å²) < 4.78 is 41.8. The predicted molar refractivity (Wildman–Crippen MR) is 149 cm³/mol.